The van der Waals surface area contributed by atoms with Gasteiger partial charge in [-0.05, 0) is 55.2 Å². The minimum atomic E-state index is -3.75. The lowest BCUT2D eigenvalue weighted by molar-refractivity contribution is -0.120. The Morgan fingerprint density at radius 3 is 2.16 bits per heavy atom. The van der Waals surface area contributed by atoms with Gasteiger partial charge in [-0.25, -0.2) is 23.1 Å². The third kappa shape index (κ3) is 9.68. The Bertz CT molecular complexity index is 2090. The molecule has 2 aromatic carbocycles. The van der Waals surface area contributed by atoms with Crippen molar-refractivity contribution >= 4 is 44.1 Å². The first-order valence-corrected chi connectivity index (χ1v) is 18.4. The minimum Gasteiger partial charge on any atom is -0.310 e. The Morgan fingerprint density at radius 1 is 0.902 bits per heavy atom. The Hall–Kier alpha value is -5.79. The molecule has 4 aromatic rings. The van der Waals surface area contributed by atoms with E-state index in [4.69, 9.17) is 16.9 Å². The van der Waals surface area contributed by atoms with Crippen molar-refractivity contribution in [1.82, 2.24) is 24.5 Å². The topological polar surface area (TPSA) is 184 Å². The highest BCUT2D eigenvalue weighted by Gasteiger charge is 2.29. The van der Waals surface area contributed by atoms with Crippen LogP contribution in [0.2, 0.25) is 0 Å². The van der Waals surface area contributed by atoms with E-state index in [0.717, 1.165) is 21.6 Å². The smallest absolute Gasteiger partial charge is 0.242 e. The molecule has 0 aliphatic carbocycles. The molecule has 2 fully saturated rings. The van der Waals surface area contributed by atoms with Gasteiger partial charge in [0, 0.05) is 50.2 Å². The molecule has 3 atom stereocenters. The second kappa shape index (κ2) is 16.7. The van der Waals surface area contributed by atoms with E-state index in [0.29, 0.717) is 44.2 Å². The van der Waals surface area contributed by atoms with Crippen molar-refractivity contribution < 1.29 is 18.0 Å². The number of nitrogens with zero attached hydrogens (tertiary/aromatic N) is 6. The summed E-state index contributed by atoms with van der Waals surface area (Å²) in [5.41, 5.74) is 2.64. The van der Waals surface area contributed by atoms with Gasteiger partial charge in [0.2, 0.25) is 21.8 Å². The first-order valence-electron chi connectivity index (χ1n) is 16.1. The largest absolute Gasteiger partial charge is 0.310 e. The standard InChI is InChI=1S/C19H21N5O3S.C17H14N4OS/c1-14(15-5-3-2-4-6-15)23-28(26,27)17-7-8-18(21-11-17)22-19(25)16-9-10-24(12-16)13-20;1-2-12-4-3-5-13(8-12)15-9-19-17(23-15)20-16(22)14-6-7-21(10-14)11-18/h2-8,11,14,16,23H,9-10,12H2,1H3,(H,21,22,25);1,3-5,8-9,14H,6-7,10H2,(H,19,20,22)/t14?,16-;14-/m00/s1. The van der Waals surface area contributed by atoms with Crippen LogP contribution in [-0.4, -0.2) is 66.2 Å². The van der Waals surface area contributed by atoms with Crippen LogP contribution in [0.4, 0.5) is 10.9 Å². The van der Waals surface area contributed by atoms with Crippen molar-refractivity contribution in [2.45, 2.75) is 30.7 Å². The molecular formula is C36H35N9O4S2. The third-order valence-corrected chi connectivity index (χ3v) is 10.9. The number of sulfonamides is 1. The lowest BCUT2D eigenvalue weighted by atomic mass is 10.1. The summed E-state index contributed by atoms with van der Waals surface area (Å²) in [6.45, 7) is 3.82. The van der Waals surface area contributed by atoms with E-state index in [9.17, 15) is 18.0 Å². The lowest BCUT2D eigenvalue weighted by Crippen LogP contribution is -2.27. The molecule has 15 heteroatoms. The van der Waals surface area contributed by atoms with E-state index >= 15 is 0 Å². The van der Waals surface area contributed by atoms with Crippen molar-refractivity contribution in [1.29, 1.82) is 10.5 Å². The molecule has 260 valence electrons. The molecule has 2 aliphatic heterocycles. The number of benzene rings is 2. The van der Waals surface area contributed by atoms with Gasteiger partial charge in [0.25, 0.3) is 0 Å². The zero-order valence-corrected chi connectivity index (χ0v) is 29.3. The summed E-state index contributed by atoms with van der Waals surface area (Å²) >= 11 is 1.41. The summed E-state index contributed by atoms with van der Waals surface area (Å²) in [5, 5.41) is 23.8. The van der Waals surface area contributed by atoms with Crippen molar-refractivity contribution in [3.8, 4) is 35.2 Å². The van der Waals surface area contributed by atoms with Crippen LogP contribution in [0, 0.1) is 47.1 Å². The Labute approximate surface area is 301 Å². The molecule has 0 saturated carbocycles. The molecule has 2 amide bonds. The second-order valence-electron chi connectivity index (χ2n) is 11.9. The molecule has 13 nitrogen and oxygen atoms in total. The number of aromatic nitrogens is 2. The second-order valence-corrected chi connectivity index (χ2v) is 14.7. The highest BCUT2D eigenvalue weighted by Crippen LogP contribution is 2.30. The number of nitrogens with one attached hydrogen (secondary N) is 3. The maximum absolute atomic E-state index is 12.6. The number of terminal acetylenes is 1. The summed E-state index contributed by atoms with van der Waals surface area (Å²) in [5.74, 6) is 2.13. The van der Waals surface area contributed by atoms with E-state index in [2.05, 4.69) is 37.4 Å². The number of likely N-dealkylation sites (tertiary alicyclic amines) is 2. The number of hydrogen-bond acceptors (Lipinski definition) is 11. The number of hydrogen-bond donors (Lipinski definition) is 3. The maximum atomic E-state index is 12.6. The fourth-order valence-corrected chi connectivity index (χ4v) is 7.51. The van der Waals surface area contributed by atoms with Gasteiger partial charge >= 0.3 is 0 Å². The number of rotatable bonds is 9. The van der Waals surface area contributed by atoms with Crippen LogP contribution in [0.15, 0.2) is 84.0 Å². The van der Waals surface area contributed by atoms with Gasteiger partial charge in [0.15, 0.2) is 17.5 Å². The first-order chi connectivity index (χ1) is 24.6. The van der Waals surface area contributed by atoms with Crippen molar-refractivity contribution in [2.24, 2.45) is 11.8 Å². The van der Waals surface area contributed by atoms with Gasteiger partial charge < -0.3 is 20.4 Å². The molecule has 1 unspecified atom stereocenters. The molecule has 51 heavy (non-hydrogen) atoms. The molecule has 2 aromatic heterocycles. The predicted molar refractivity (Wildman–Crippen MR) is 193 cm³/mol. The lowest BCUT2D eigenvalue weighted by Gasteiger charge is -2.15. The number of anilines is 2. The van der Waals surface area contributed by atoms with Gasteiger partial charge in [-0.2, -0.15) is 10.5 Å². The number of pyridine rings is 1. The number of carbonyl (C=O) groups is 2. The highest BCUT2D eigenvalue weighted by atomic mass is 32.2. The molecule has 0 spiro atoms. The number of thiazole rings is 1. The van der Waals surface area contributed by atoms with Crippen LogP contribution >= 0.6 is 11.3 Å². The number of carbonyl (C=O) groups excluding carboxylic acids is 2. The molecule has 0 radical (unpaired) electrons. The van der Waals surface area contributed by atoms with E-state index in [1.807, 2.05) is 60.8 Å². The quantitative estimate of drug-likeness (QED) is 0.165. The van der Waals surface area contributed by atoms with E-state index in [1.165, 1.54) is 34.6 Å². The fourth-order valence-electron chi connectivity index (χ4n) is 5.52. The molecule has 3 N–H and O–H groups in total. The highest BCUT2D eigenvalue weighted by molar-refractivity contribution is 7.89. The summed E-state index contributed by atoms with van der Waals surface area (Å²) < 4.78 is 27.7. The Morgan fingerprint density at radius 2 is 1.57 bits per heavy atom. The minimum absolute atomic E-state index is 0.0183. The van der Waals surface area contributed by atoms with Gasteiger partial charge in [-0.1, -0.05) is 59.7 Å². The maximum Gasteiger partial charge on any atom is 0.242 e. The van der Waals surface area contributed by atoms with Crippen LogP contribution in [0.5, 0.6) is 0 Å². The van der Waals surface area contributed by atoms with Gasteiger partial charge in [0.1, 0.15) is 10.7 Å². The first kappa shape index (κ1) is 36.5. The van der Waals surface area contributed by atoms with Crippen molar-refractivity contribution in [3.63, 3.8) is 0 Å². The monoisotopic (exact) mass is 721 g/mol. The molecule has 6 rings (SSSR count). The summed E-state index contributed by atoms with van der Waals surface area (Å²) in [6, 6.07) is 19.4. The number of amides is 2. The molecule has 2 aliphatic rings. The number of nitriles is 2. The summed E-state index contributed by atoms with van der Waals surface area (Å²) in [4.78, 5) is 36.9. The van der Waals surface area contributed by atoms with Gasteiger partial charge in [-0.3, -0.25) is 9.59 Å². The van der Waals surface area contributed by atoms with Crippen LogP contribution in [0.25, 0.3) is 10.4 Å². The van der Waals surface area contributed by atoms with Gasteiger partial charge in [0.05, 0.1) is 16.7 Å². The Kier molecular flexibility index (Phi) is 12.0. The Balaban J connectivity index is 0.000000201. The van der Waals surface area contributed by atoms with E-state index < -0.39 is 16.1 Å². The molecule has 2 saturated heterocycles. The predicted octanol–water partition coefficient (Wildman–Crippen LogP) is 4.40. The average molecular weight is 722 g/mol. The molecular weight excluding hydrogens is 687 g/mol. The fraction of sp³-hybridized carbons (Fsp3) is 0.278. The van der Waals surface area contributed by atoms with Crippen molar-refractivity contribution in [3.05, 3.63) is 90.3 Å². The van der Waals surface area contributed by atoms with Crippen LogP contribution in [-0.2, 0) is 19.6 Å². The van der Waals surface area contributed by atoms with E-state index in [-0.39, 0.29) is 34.4 Å². The SMILES string of the molecule is C#Cc1cccc(-c2cnc(NC(=O)[C@H]3CCN(C#N)C3)s2)c1.CC(NS(=O)(=O)c1ccc(NC(=O)[C@H]2CCN(C#N)C2)nc1)c1ccccc1. The summed E-state index contributed by atoms with van der Waals surface area (Å²) in [7, 11) is -3.75. The molecule has 4 heterocycles. The molecule has 0 bridgehead atoms. The van der Waals surface area contributed by atoms with Crippen LogP contribution < -0.4 is 15.4 Å². The van der Waals surface area contributed by atoms with Crippen molar-refractivity contribution in [2.75, 3.05) is 36.8 Å². The van der Waals surface area contributed by atoms with Crippen LogP contribution in [0.1, 0.15) is 36.9 Å². The average Bonchev–Trinajstić information content (AvgIpc) is 3.94. The zero-order valence-electron chi connectivity index (χ0n) is 27.7. The normalized spacial score (nSPS) is 17.2. The summed E-state index contributed by atoms with van der Waals surface area (Å²) in [6.07, 6.45) is 13.8. The van der Waals surface area contributed by atoms with Crippen LogP contribution in [0.3, 0.4) is 0 Å². The zero-order chi connectivity index (χ0) is 36.4. The van der Waals surface area contributed by atoms with E-state index in [1.54, 1.807) is 18.0 Å². The van der Waals surface area contributed by atoms with Gasteiger partial charge in [-0.15, -0.1) is 6.42 Å². The third-order valence-electron chi connectivity index (χ3n) is 8.38.